The normalized spacial score (nSPS) is 23.7. The third kappa shape index (κ3) is 4.23. The first kappa shape index (κ1) is 21.2. The number of nitro groups is 2. The molecule has 0 radical (unpaired) electrons. The van der Waals surface area contributed by atoms with Crippen LogP contribution in [0.25, 0.3) is 0 Å². The van der Waals surface area contributed by atoms with E-state index in [4.69, 9.17) is 9.47 Å². The lowest BCUT2D eigenvalue weighted by Crippen LogP contribution is -2.28. The Labute approximate surface area is 179 Å². The summed E-state index contributed by atoms with van der Waals surface area (Å²) in [6.45, 7) is 4.74. The summed E-state index contributed by atoms with van der Waals surface area (Å²) >= 11 is 0. The van der Waals surface area contributed by atoms with Gasteiger partial charge in [0.05, 0.1) is 34.2 Å². The number of hydrogen-bond donors (Lipinski definition) is 0. The predicted molar refractivity (Wildman–Crippen MR) is 111 cm³/mol. The number of ether oxygens (including phenoxy) is 2. The van der Waals surface area contributed by atoms with Crippen LogP contribution in [-0.4, -0.2) is 35.1 Å². The summed E-state index contributed by atoms with van der Waals surface area (Å²) in [5.74, 6) is -0.146. The maximum Gasteiger partial charge on any atom is 0.338 e. The second kappa shape index (κ2) is 8.58. The molecule has 1 aromatic carbocycles. The molecule has 1 aromatic rings. The summed E-state index contributed by atoms with van der Waals surface area (Å²) in [6, 6.07) is 2.79. The van der Waals surface area contributed by atoms with E-state index in [9.17, 15) is 25.0 Å². The summed E-state index contributed by atoms with van der Waals surface area (Å²) in [5.41, 5.74) is 1.86. The van der Waals surface area contributed by atoms with E-state index in [0.29, 0.717) is 18.9 Å². The van der Waals surface area contributed by atoms with Gasteiger partial charge < -0.3 is 9.47 Å². The van der Waals surface area contributed by atoms with Gasteiger partial charge in [-0.15, -0.1) is 0 Å². The number of esters is 1. The third-order valence-corrected chi connectivity index (χ3v) is 6.52. The van der Waals surface area contributed by atoms with Crippen LogP contribution in [-0.2, 0) is 9.47 Å². The van der Waals surface area contributed by atoms with E-state index in [1.54, 1.807) is 0 Å². The zero-order chi connectivity index (χ0) is 22.1. The highest BCUT2D eigenvalue weighted by atomic mass is 16.6. The lowest BCUT2D eigenvalue weighted by Gasteiger charge is -2.30. The second-order valence-corrected chi connectivity index (χ2v) is 8.44. The maximum atomic E-state index is 12.5. The van der Waals surface area contributed by atoms with Gasteiger partial charge in [0.1, 0.15) is 6.61 Å². The van der Waals surface area contributed by atoms with Gasteiger partial charge in [0.15, 0.2) is 0 Å². The molecule has 9 nitrogen and oxygen atoms in total. The fourth-order valence-electron chi connectivity index (χ4n) is 5.04. The number of nitrogens with zero attached hydrogens (tertiary/aromatic N) is 2. The Balaban J connectivity index is 1.47. The molecule has 1 saturated heterocycles. The van der Waals surface area contributed by atoms with Crippen molar-refractivity contribution in [2.24, 2.45) is 11.8 Å². The summed E-state index contributed by atoms with van der Waals surface area (Å²) in [6.07, 6.45) is 6.82. The van der Waals surface area contributed by atoms with Crippen LogP contribution in [0.2, 0.25) is 0 Å². The van der Waals surface area contributed by atoms with Crippen molar-refractivity contribution in [1.82, 2.24) is 0 Å². The molecule has 9 heteroatoms. The smallest absolute Gasteiger partial charge is 0.338 e. The van der Waals surface area contributed by atoms with Crippen LogP contribution < -0.4 is 0 Å². The number of non-ortho nitro benzene ring substituents is 2. The van der Waals surface area contributed by atoms with E-state index >= 15 is 0 Å². The molecule has 3 aliphatic rings. The molecule has 2 atom stereocenters. The molecule has 1 heterocycles. The molecule has 31 heavy (non-hydrogen) atoms. The number of benzene rings is 1. The zero-order valence-electron chi connectivity index (χ0n) is 17.1. The lowest BCUT2D eigenvalue weighted by atomic mass is 9.78. The first-order valence-corrected chi connectivity index (χ1v) is 10.5. The predicted octanol–water partition coefficient (Wildman–Crippen LogP) is 4.51. The fraction of sp³-hybridized carbons (Fsp3) is 0.500. The zero-order valence-corrected chi connectivity index (χ0v) is 17.1. The third-order valence-electron chi connectivity index (χ3n) is 6.52. The monoisotopic (exact) mass is 428 g/mol. The highest BCUT2D eigenvalue weighted by Gasteiger charge is 2.44. The quantitative estimate of drug-likeness (QED) is 0.283. The van der Waals surface area contributed by atoms with Gasteiger partial charge in [0.2, 0.25) is 0 Å². The Morgan fingerprint density at radius 1 is 1.10 bits per heavy atom. The fourth-order valence-corrected chi connectivity index (χ4v) is 5.04. The lowest BCUT2D eigenvalue weighted by molar-refractivity contribution is -0.394. The first-order valence-electron chi connectivity index (χ1n) is 10.5. The summed E-state index contributed by atoms with van der Waals surface area (Å²) in [5, 5.41) is 22.1. The standard InChI is InChI=1S/C22H24N2O7/c1-13-7-16(19-12-30-21(20(13)19)14-5-3-2-4-6-14)11-31-22(25)15-8-17(23(26)27)10-18(9-15)24(28)29/h8-10,14,20-21H,1-7,11-12H2/t20-,21+/m1/s1. The molecule has 0 aromatic heterocycles. The van der Waals surface area contributed by atoms with E-state index < -0.39 is 27.2 Å². The van der Waals surface area contributed by atoms with Crippen molar-refractivity contribution in [3.63, 3.8) is 0 Å². The van der Waals surface area contributed by atoms with Gasteiger partial charge in [-0.1, -0.05) is 31.4 Å². The van der Waals surface area contributed by atoms with Crippen LogP contribution in [0.4, 0.5) is 11.4 Å². The van der Waals surface area contributed by atoms with E-state index in [0.717, 1.165) is 47.8 Å². The first-order chi connectivity index (χ1) is 14.8. The maximum absolute atomic E-state index is 12.5. The highest BCUT2D eigenvalue weighted by molar-refractivity contribution is 5.91. The number of fused-ring (bicyclic) bond motifs is 1. The number of hydrogen-bond acceptors (Lipinski definition) is 7. The molecule has 1 aliphatic heterocycles. The van der Waals surface area contributed by atoms with Crippen LogP contribution in [0.15, 0.2) is 41.5 Å². The molecule has 2 aliphatic carbocycles. The van der Waals surface area contributed by atoms with Crippen molar-refractivity contribution in [2.45, 2.75) is 44.6 Å². The van der Waals surface area contributed by atoms with Crippen molar-refractivity contribution in [2.75, 3.05) is 13.2 Å². The van der Waals surface area contributed by atoms with Crippen LogP contribution in [0.1, 0.15) is 48.9 Å². The van der Waals surface area contributed by atoms with Crippen LogP contribution in [0.5, 0.6) is 0 Å². The van der Waals surface area contributed by atoms with Crippen LogP contribution >= 0.6 is 0 Å². The highest BCUT2D eigenvalue weighted by Crippen LogP contribution is 2.48. The minimum absolute atomic E-state index is 0.0148. The largest absolute Gasteiger partial charge is 0.458 e. The second-order valence-electron chi connectivity index (χ2n) is 8.44. The van der Waals surface area contributed by atoms with Gasteiger partial charge in [-0.3, -0.25) is 20.2 Å². The average Bonchev–Trinajstić information content (AvgIpc) is 3.33. The average molecular weight is 428 g/mol. The van der Waals surface area contributed by atoms with E-state index in [2.05, 4.69) is 6.58 Å². The molecular weight excluding hydrogens is 404 g/mol. The van der Waals surface area contributed by atoms with Crippen molar-refractivity contribution >= 4 is 17.3 Å². The Hall–Kier alpha value is -3.07. The number of carbonyl (C=O) groups excluding carboxylic acids is 1. The summed E-state index contributed by atoms with van der Waals surface area (Å²) < 4.78 is 11.5. The van der Waals surface area contributed by atoms with Crippen LogP contribution in [0, 0.1) is 32.1 Å². The molecular formula is C22H24N2O7. The minimum atomic E-state index is -0.836. The van der Waals surface area contributed by atoms with Gasteiger partial charge in [-0.05, 0) is 36.3 Å². The van der Waals surface area contributed by atoms with Crippen molar-refractivity contribution in [1.29, 1.82) is 0 Å². The van der Waals surface area contributed by atoms with E-state index in [1.165, 1.54) is 19.3 Å². The Bertz CT molecular complexity index is 946. The molecule has 2 fully saturated rings. The Morgan fingerprint density at radius 2 is 1.74 bits per heavy atom. The molecule has 0 unspecified atom stereocenters. The summed E-state index contributed by atoms with van der Waals surface area (Å²) in [7, 11) is 0. The molecule has 0 N–H and O–H groups in total. The molecule has 164 valence electrons. The number of rotatable bonds is 6. The van der Waals surface area contributed by atoms with Crippen LogP contribution in [0.3, 0.4) is 0 Å². The van der Waals surface area contributed by atoms with Gasteiger partial charge in [-0.2, -0.15) is 0 Å². The molecule has 0 bridgehead atoms. The number of carbonyl (C=O) groups is 1. The van der Waals surface area contributed by atoms with E-state index in [1.807, 2.05) is 0 Å². The van der Waals surface area contributed by atoms with Crippen molar-refractivity contribution in [3.8, 4) is 0 Å². The Morgan fingerprint density at radius 3 is 2.35 bits per heavy atom. The van der Waals surface area contributed by atoms with Gasteiger partial charge >= 0.3 is 5.97 Å². The topological polar surface area (TPSA) is 122 Å². The molecule has 0 amide bonds. The van der Waals surface area contributed by atoms with Gasteiger partial charge in [0, 0.05) is 18.1 Å². The van der Waals surface area contributed by atoms with Crippen molar-refractivity contribution < 1.29 is 24.1 Å². The van der Waals surface area contributed by atoms with Crippen molar-refractivity contribution in [3.05, 3.63) is 67.3 Å². The molecule has 1 saturated carbocycles. The van der Waals surface area contributed by atoms with E-state index in [-0.39, 0.29) is 24.2 Å². The summed E-state index contributed by atoms with van der Waals surface area (Å²) in [4.78, 5) is 33.0. The molecule has 0 spiro atoms. The Kier molecular flexibility index (Phi) is 5.86. The number of nitro benzene ring substituents is 2. The SMILES string of the molecule is C=C1CC(COC(=O)c2cc([N+](=O)[O-])cc([N+](=O)[O-])c2)=C2CO[C@@H](C3CCCCC3)[C@H]12. The van der Waals surface area contributed by atoms with Gasteiger partial charge in [0.25, 0.3) is 11.4 Å². The molecule has 4 rings (SSSR count). The van der Waals surface area contributed by atoms with Gasteiger partial charge in [-0.25, -0.2) is 4.79 Å². The minimum Gasteiger partial charge on any atom is -0.458 e.